The van der Waals surface area contributed by atoms with Crippen molar-refractivity contribution in [3.05, 3.63) is 53.3 Å². The number of hydrogen-bond donors (Lipinski definition) is 1. The quantitative estimate of drug-likeness (QED) is 0.626. The largest absolute Gasteiger partial charge is 0.491 e. The van der Waals surface area contributed by atoms with Gasteiger partial charge in [-0.25, -0.2) is 13.2 Å². The molecule has 2 rings (SSSR count). The molecule has 2 aromatic carbocycles. The summed E-state index contributed by atoms with van der Waals surface area (Å²) in [4.78, 5) is 0. The number of hydrogen-bond acceptors (Lipinski definition) is 4. The van der Waals surface area contributed by atoms with Gasteiger partial charge in [0.25, 0.3) is 0 Å². The summed E-state index contributed by atoms with van der Waals surface area (Å²) in [6.07, 6.45) is 0. The predicted octanol–water partition coefficient (Wildman–Crippen LogP) is 3.29. The van der Waals surface area contributed by atoms with E-state index in [-0.39, 0.29) is 36.0 Å². The molecular formula is C16H16F3NO3. The van der Waals surface area contributed by atoms with Crippen LogP contribution >= 0.6 is 0 Å². The molecule has 0 aromatic heterocycles. The highest BCUT2D eigenvalue weighted by molar-refractivity contribution is 5.45. The Hall–Kier alpha value is -2.41. The van der Waals surface area contributed by atoms with Crippen molar-refractivity contribution in [3.63, 3.8) is 0 Å². The van der Waals surface area contributed by atoms with Crippen LogP contribution in [0.1, 0.15) is 5.56 Å². The molecule has 4 nitrogen and oxygen atoms in total. The zero-order valence-corrected chi connectivity index (χ0v) is 12.4. The zero-order chi connectivity index (χ0) is 16.8. The summed E-state index contributed by atoms with van der Waals surface area (Å²) < 4.78 is 56.0. The van der Waals surface area contributed by atoms with Gasteiger partial charge in [0.05, 0.1) is 17.9 Å². The van der Waals surface area contributed by atoms with E-state index in [1.165, 1.54) is 25.3 Å². The maximum Gasteiger partial charge on any atom is 0.169 e. The van der Waals surface area contributed by atoms with Crippen LogP contribution in [0, 0.1) is 17.5 Å². The molecule has 0 aliphatic heterocycles. The van der Waals surface area contributed by atoms with Gasteiger partial charge in [0.2, 0.25) is 0 Å². The van der Waals surface area contributed by atoms with Gasteiger partial charge < -0.3 is 19.9 Å². The second-order valence-corrected chi connectivity index (χ2v) is 4.65. The van der Waals surface area contributed by atoms with Gasteiger partial charge in [-0.1, -0.05) is 0 Å². The van der Waals surface area contributed by atoms with Crippen LogP contribution in [0.2, 0.25) is 0 Å². The van der Waals surface area contributed by atoms with Gasteiger partial charge in [0.1, 0.15) is 30.5 Å². The third kappa shape index (κ3) is 4.29. The molecule has 0 atom stereocenters. The average Bonchev–Trinajstić information content (AvgIpc) is 2.53. The van der Waals surface area contributed by atoms with Crippen LogP contribution in [0.4, 0.5) is 18.9 Å². The van der Waals surface area contributed by atoms with Gasteiger partial charge in [-0.15, -0.1) is 0 Å². The van der Waals surface area contributed by atoms with Crippen molar-refractivity contribution in [2.45, 2.75) is 6.61 Å². The van der Waals surface area contributed by atoms with E-state index in [0.717, 1.165) is 12.1 Å². The summed E-state index contributed by atoms with van der Waals surface area (Å²) >= 11 is 0. The summed E-state index contributed by atoms with van der Waals surface area (Å²) in [5, 5.41) is 0. The molecule has 0 saturated carbocycles. The minimum absolute atomic E-state index is 0.0796. The first kappa shape index (κ1) is 17.0. The number of halogens is 3. The van der Waals surface area contributed by atoms with Crippen LogP contribution in [0.5, 0.6) is 11.5 Å². The number of nitrogens with two attached hydrogens (primary N) is 1. The van der Waals surface area contributed by atoms with Gasteiger partial charge in [0.15, 0.2) is 11.6 Å². The Morgan fingerprint density at radius 3 is 2.39 bits per heavy atom. The lowest BCUT2D eigenvalue weighted by atomic mass is 10.2. The molecule has 0 bridgehead atoms. The zero-order valence-electron chi connectivity index (χ0n) is 12.4. The molecule has 2 N–H and O–H groups in total. The van der Waals surface area contributed by atoms with E-state index in [1.54, 1.807) is 0 Å². The molecule has 0 aliphatic carbocycles. The fourth-order valence-corrected chi connectivity index (χ4v) is 1.85. The van der Waals surface area contributed by atoms with Crippen molar-refractivity contribution < 1.29 is 27.4 Å². The van der Waals surface area contributed by atoms with E-state index < -0.39 is 17.5 Å². The fraction of sp³-hybridized carbons (Fsp3) is 0.250. The first-order chi connectivity index (χ1) is 11.0. The van der Waals surface area contributed by atoms with Gasteiger partial charge in [0, 0.05) is 13.2 Å². The minimum atomic E-state index is -1.06. The molecule has 23 heavy (non-hydrogen) atoms. The lowest BCUT2D eigenvalue weighted by molar-refractivity contribution is 0.144. The van der Waals surface area contributed by atoms with Crippen molar-refractivity contribution in [1.82, 2.24) is 0 Å². The molecule has 0 spiro atoms. The molecule has 2 aromatic rings. The first-order valence-electron chi connectivity index (χ1n) is 6.79. The van der Waals surface area contributed by atoms with E-state index in [9.17, 15) is 13.2 Å². The summed E-state index contributed by atoms with van der Waals surface area (Å²) in [5.74, 6) is -2.28. The normalized spacial score (nSPS) is 10.6. The van der Waals surface area contributed by atoms with Gasteiger partial charge in [-0.05, 0) is 24.3 Å². The Bertz CT molecular complexity index is 680. The van der Waals surface area contributed by atoms with E-state index in [4.69, 9.17) is 19.9 Å². The Morgan fingerprint density at radius 1 is 0.957 bits per heavy atom. The molecule has 0 aliphatic rings. The van der Waals surface area contributed by atoms with Crippen LogP contribution in [0.15, 0.2) is 30.3 Å². The molecule has 0 amide bonds. The number of methoxy groups -OCH3 is 1. The highest BCUT2D eigenvalue weighted by atomic mass is 19.2. The molecule has 0 saturated heterocycles. The van der Waals surface area contributed by atoms with E-state index in [2.05, 4.69) is 0 Å². The Morgan fingerprint density at radius 2 is 1.70 bits per heavy atom. The lowest BCUT2D eigenvalue weighted by Crippen LogP contribution is -2.09. The molecule has 7 heteroatoms. The maximum atomic E-state index is 14.0. The summed E-state index contributed by atoms with van der Waals surface area (Å²) in [5.41, 5.74) is 5.25. The van der Waals surface area contributed by atoms with Crippen LogP contribution in [-0.4, -0.2) is 20.3 Å². The molecule has 0 heterocycles. The molecule has 0 fully saturated rings. The molecule has 0 radical (unpaired) electrons. The number of ether oxygens (including phenoxy) is 3. The summed E-state index contributed by atoms with van der Waals surface area (Å²) in [7, 11) is 1.50. The van der Waals surface area contributed by atoms with E-state index in [1.807, 2.05) is 0 Å². The Labute approximate surface area is 131 Å². The second-order valence-electron chi connectivity index (χ2n) is 4.65. The highest BCUT2D eigenvalue weighted by Crippen LogP contribution is 2.26. The van der Waals surface area contributed by atoms with Crippen molar-refractivity contribution in [2.75, 3.05) is 26.1 Å². The first-order valence-corrected chi connectivity index (χ1v) is 6.79. The van der Waals surface area contributed by atoms with Crippen molar-refractivity contribution in [3.8, 4) is 11.5 Å². The van der Waals surface area contributed by atoms with Gasteiger partial charge in [-0.2, -0.15) is 0 Å². The predicted molar refractivity (Wildman–Crippen MR) is 78.9 cm³/mol. The summed E-state index contributed by atoms with van der Waals surface area (Å²) in [6.45, 7) is 0.183. The number of nitrogen functional groups attached to an aromatic ring is 1. The van der Waals surface area contributed by atoms with Crippen LogP contribution in [0.25, 0.3) is 0 Å². The van der Waals surface area contributed by atoms with Gasteiger partial charge in [-0.3, -0.25) is 0 Å². The topological polar surface area (TPSA) is 53.7 Å². The van der Waals surface area contributed by atoms with Crippen LogP contribution in [-0.2, 0) is 11.3 Å². The Kier molecular flexibility index (Phi) is 5.70. The monoisotopic (exact) mass is 327 g/mol. The van der Waals surface area contributed by atoms with E-state index in [0.29, 0.717) is 6.61 Å². The molecule has 0 unspecified atom stereocenters. The van der Waals surface area contributed by atoms with Crippen molar-refractivity contribution in [2.24, 2.45) is 0 Å². The van der Waals surface area contributed by atoms with Crippen LogP contribution < -0.4 is 15.2 Å². The average molecular weight is 327 g/mol. The smallest absolute Gasteiger partial charge is 0.169 e. The Balaban J connectivity index is 2.16. The SMILES string of the molecule is COCCOc1ccc(F)c(F)c1COc1ccc(F)c(N)c1. The number of rotatable bonds is 7. The molecule has 124 valence electrons. The molecular weight excluding hydrogens is 311 g/mol. The van der Waals surface area contributed by atoms with Gasteiger partial charge >= 0.3 is 0 Å². The summed E-state index contributed by atoms with van der Waals surface area (Å²) in [6, 6.07) is 6.01. The third-order valence-electron chi connectivity index (χ3n) is 3.05. The number of anilines is 1. The van der Waals surface area contributed by atoms with Crippen molar-refractivity contribution in [1.29, 1.82) is 0 Å². The fourth-order valence-electron chi connectivity index (χ4n) is 1.85. The van der Waals surface area contributed by atoms with E-state index >= 15 is 0 Å². The standard InChI is InChI=1S/C16H16F3NO3/c1-21-6-7-22-15-5-4-13(18)16(19)11(15)9-23-10-2-3-12(17)14(20)8-10/h2-5,8H,6-7,9,20H2,1H3. The highest BCUT2D eigenvalue weighted by Gasteiger charge is 2.16. The third-order valence-corrected chi connectivity index (χ3v) is 3.05. The maximum absolute atomic E-state index is 14.0. The second kappa shape index (κ2) is 7.73. The number of benzene rings is 2. The van der Waals surface area contributed by atoms with Crippen molar-refractivity contribution >= 4 is 5.69 Å². The van der Waals surface area contributed by atoms with Crippen LogP contribution in [0.3, 0.4) is 0 Å². The minimum Gasteiger partial charge on any atom is -0.491 e. The lowest BCUT2D eigenvalue weighted by Gasteiger charge is -2.14.